The van der Waals surface area contributed by atoms with Crippen LogP contribution in [0.5, 0.6) is 0 Å². The lowest BCUT2D eigenvalue weighted by atomic mass is 10.2. The van der Waals surface area contributed by atoms with E-state index < -0.39 is 0 Å². The Bertz CT molecular complexity index is 213. The fourth-order valence-corrected chi connectivity index (χ4v) is 2.10. The number of rotatable bonds is 3. The van der Waals surface area contributed by atoms with E-state index >= 15 is 0 Å². The highest BCUT2D eigenvalue weighted by molar-refractivity contribution is 5.79. The average Bonchev–Trinajstić information content (AvgIpc) is 2.99. The molecule has 0 amide bonds. The molecule has 2 N–H and O–H groups in total. The molecule has 3 nitrogen and oxygen atoms in total. The van der Waals surface area contributed by atoms with E-state index in [1.54, 1.807) is 0 Å². The van der Waals surface area contributed by atoms with Crippen molar-refractivity contribution in [1.29, 1.82) is 0 Å². The minimum absolute atomic E-state index is 0.910. The van der Waals surface area contributed by atoms with Crippen LogP contribution in [0.1, 0.15) is 32.6 Å². The summed E-state index contributed by atoms with van der Waals surface area (Å²) in [6, 6.07) is 0. The van der Waals surface area contributed by atoms with E-state index in [1.807, 2.05) is 0 Å². The van der Waals surface area contributed by atoms with Crippen molar-refractivity contribution < 1.29 is 0 Å². The van der Waals surface area contributed by atoms with Crippen LogP contribution in [-0.4, -0.2) is 25.6 Å². The molecule has 1 aliphatic carbocycles. The molecule has 3 heteroatoms. The summed E-state index contributed by atoms with van der Waals surface area (Å²) in [5, 5.41) is 6.76. The third kappa shape index (κ3) is 2.63. The fraction of sp³-hybridized carbons (Fsp3) is 0.909. The molecule has 0 radical (unpaired) electrons. The SMILES string of the molecule is CC[C@@H]1C[C@H]1CNC1=NCCCCN1. The second kappa shape index (κ2) is 4.67. The Kier molecular flexibility index (Phi) is 3.27. The van der Waals surface area contributed by atoms with Gasteiger partial charge in [-0.15, -0.1) is 0 Å². The van der Waals surface area contributed by atoms with E-state index in [0.717, 1.165) is 37.4 Å². The quantitative estimate of drug-likeness (QED) is 0.713. The molecular formula is C11H21N3. The van der Waals surface area contributed by atoms with Crippen LogP contribution in [0.25, 0.3) is 0 Å². The molecule has 0 unspecified atom stereocenters. The van der Waals surface area contributed by atoms with Gasteiger partial charge in [0.15, 0.2) is 5.96 Å². The van der Waals surface area contributed by atoms with Crippen molar-refractivity contribution >= 4 is 5.96 Å². The standard InChI is InChI=1S/C11H21N3/c1-2-9-7-10(9)8-14-11-12-5-3-4-6-13-11/h9-10H,2-8H2,1H3,(H2,12,13,14)/t9-,10+/m1/s1. The van der Waals surface area contributed by atoms with E-state index in [2.05, 4.69) is 22.5 Å². The molecule has 2 atom stereocenters. The van der Waals surface area contributed by atoms with E-state index in [0.29, 0.717) is 0 Å². The van der Waals surface area contributed by atoms with Crippen LogP contribution in [-0.2, 0) is 0 Å². The topological polar surface area (TPSA) is 36.4 Å². The van der Waals surface area contributed by atoms with Gasteiger partial charge in [0.25, 0.3) is 0 Å². The summed E-state index contributed by atoms with van der Waals surface area (Å²) in [5.41, 5.74) is 0. The van der Waals surface area contributed by atoms with E-state index in [9.17, 15) is 0 Å². The minimum atomic E-state index is 0.910. The van der Waals surface area contributed by atoms with Gasteiger partial charge in [0.1, 0.15) is 0 Å². The van der Waals surface area contributed by atoms with Gasteiger partial charge < -0.3 is 10.6 Å². The van der Waals surface area contributed by atoms with Crippen molar-refractivity contribution in [3.05, 3.63) is 0 Å². The lowest BCUT2D eigenvalue weighted by Crippen LogP contribution is -2.38. The maximum Gasteiger partial charge on any atom is 0.191 e. The molecule has 80 valence electrons. The minimum Gasteiger partial charge on any atom is -0.356 e. The summed E-state index contributed by atoms with van der Waals surface area (Å²) < 4.78 is 0. The summed E-state index contributed by atoms with van der Waals surface area (Å²) in [6.07, 6.45) is 5.22. The highest BCUT2D eigenvalue weighted by Crippen LogP contribution is 2.40. The maximum atomic E-state index is 4.47. The van der Waals surface area contributed by atoms with Crippen LogP contribution in [0.4, 0.5) is 0 Å². The van der Waals surface area contributed by atoms with Gasteiger partial charge in [0.2, 0.25) is 0 Å². The molecule has 2 rings (SSSR count). The predicted molar refractivity (Wildman–Crippen MR) is 59.4 cm³/mol. The summed E-state index contributed by atoms with van der Waals surface area (Å²) in [4.78, 5) is 4.47. The van der Waals surface area contributed by atoms with Gasteiger partial charge in [0.05, 0.1) is 0 Å². The highest BCUT2D eigenvalue weighted by atomic mass is 15.2. The molecule has 14 heavy (non-hydrogen) atoms. The Labute approximate surface area is 86.4 Å². The van der Waals surface area contributed by atoms with Crippen molar-refractivity contribution in [2.45, 2.75) is 32.6 Å². The Hall–Kier alpha value is -0.730. The van der Waals surface area contributed by atoms with Gasteiger partial charge >= 0.3 is 0 Å². The molecule has 1 fully saturated rings. The van der Waals surface area contributed by atoms with Crippen LogP contribution >= 0.6 is 0 Å². The zero-order valence-electron chi connectivity index (χ0n) is 9.05. The molecule has 0 aromatic rings. The number of aliphatic imine (C=N–C) groups is 1. The summed E-state index contributed by atoms with van der Waals surface area (Å²) in [6.45, 7) is 5.46. The monoisotopic (exact) mass is 195 g/mol. The van der Waals surface area contributed by atoms with Crippen molar-refractivity contribution in [1.82, 2.24) is 10.6 Å². The third-order valence-electron chi connectivity index (χ3n) is 3.27. The molecule has 0 bridgehead atoms. The van der Waals surface area contributed by atoms with Gasteiger partial charge in [-0.05, 0) is 31.1 Å². The molecule has 1 aliphatic heterocycles. The summed E-state index contributed by atoms with van der Waals surface area (Å²) in [7, 11) is 0. The van der Waals surface area contributed by atoms with Crippen LogP contribution in [0.2, 0.25) is 0 Å². The first-order chi connectivity index (χ1) is 6.90. The molecular weight excluding hydrogens is 174 g/mol. The van der Waals surface area contributed by atoms with Gasteiger partial charge in [-0.1, -0.05) is 13.3 Å². The highest BCUT2D eigenvalue weighted by Gasteiger charge is 2.34. The second-order valence-electron chi connectivity index (χ2n) is 4.41. The average molecular weight is 195 g/mol. The lowest BCUT2D eigenvalue weighted by Gasteiger charge is -2.09. The molecule has 1 heterocycles. The van der Waals surface area contributed by atoms with Crippen molar-refractivity contribution in [3.8, 4) is 0 Å². The van der Waals surface area contributed by atoms with Gasteiger partial charge in [-0.2, -0.15) is 0 Å². The first kappa shape index (κ1) is 9.81. The van der Waals surface area contributed by atoms with E-state index in [1.165, 1.54) is 25.7 Å². The second-order valence-corrected chi connectivity index (χ2v) is 4.41. The zero-order chi connectivity index (χ0) is 9.80. The molecule has 0 aromatic carbocycles. The first-order valence-corrected chi connectivity index (χ1v) is 5.92. The number of nitrogens with one attached hydrogen (secondary N) is 2. The Morgan fingerprint density at radius 1 is 1.43 bits per heavy atom. The summed E-state index contributed by atoms with van der Waals surface area (Å²) >= 11 is 0. The number of nitrogens with zero attached hydrogens (tertiary/aromatic N) is 1. The van der Waals surface area contributed by atoms with Crippen LogP contribution in [0, 0.1) is 11.8 Å². The van der Waals surface area contributed by atoms with Gasteiger partial charge in [-0.25, -0.2) is 0 Å². The number of guanidine groups is 1. The molecule has 0 spiro atoms. The van der Waals surface area contributed by atoms with Gasteiger partial charge in [-0.3, -0.25) is 4.99 Å². The van der Waals surface area contributed by atoms with Crippen molar-refractivity contribution in [3.63, 3.8) is 0 Å². The zero-order valence-corrected chi connectivity index (χ0v) is 9.05. The van der Waals surface area contributed by atoms with E-state index in [4.69, 9.17) is 0 Å². The Morgan fingerprint density at radius 2 is 2.36 bits per heavy atom. The first-order valence-electron chi connectivity index (χ1n) is 5.92. The third-order valence-corrected chi connectivity index (χ3v) is 3.27. The predicted octanol–water partition coefficient (Wildman–Crippen LogP) is 1.36. The largest absolute Gasteiger partial charge is 0.356 e. The molecule has 0 aromatic heterocycles. The van der Waals surface area contributed by atoms with Crippen molar-refractivity contribution in [2.75, 3.05) is 19.6 Å². The fourth-order valence-electron chi connectivity index (χ4n) is 2.10. The molecule has 0 saturated heterocycles. The number of hydrogen-bond acceptors (Lipinski definition) is 3. The summed E-state index contributed by atoms with van der Waals surface area (Å²) in [5.74, 6) is 2.92. The van der Waals surface area contributed by atoms with Crippen LogP contribution in [0.3, 0.4) is 0 Å². The van der Waals surface area contributed by atoms with E-state index in [-0.39, 0.29) is 0 Å². The molecule has 1 saturated carbocycles. The lowest BCUT2D eigenvalue weighted by molar-refractivity contribution is 0.651. The van der Waals surface area contributed by atoms with Crippen molar-refractivity contribution in [2.24, 2.45) is 16.8 Å². The smallest absolute Gasteiger partial charge is 0.191 e. The van der Waals surface area contributed by atoms with Gasteiger partial charge in [0, 0.05) is 19.6 Å². The Balaban J connectivity index is 1.67. The van der Waals surface area contributed by atoms with Crippen LogP contribution in [0.15, 0.2) is 4.99 Å². The van der Waals surface area contributed by atoms with Crippen LogP contribution < -0.4 is 10.6 Å². The normalized spacial score (nSPS) is 31.4. The molecule has 2 aliphatic rings. The maximum absolute atomic E-state index is 4.47. The Morgan fingerprint density at radius 3 is 3.14 bits per heavy atom. The number of hydrogen-bond donors (Lipinski definition) is 2.